The van der Waals surface area contributed by atoms with Gasteiger partial charge in [-0.25, -0.2) is 4.39 Å². The van der Waals surface area contributed by atoms with Gasteiger partial charge in [0.15, 0.2) is 0 Å². The Hall–Kier alpha value is -1.97. The van der Waals surface area contributed by atoms with E-state index in [4.69, 9.17) is 0 Å². The van der Waals surface area contributed by atoms with E-state index in [1.165, 1.54) is 25.0 Å². The highest BCUT2D eigenvalue weighted by Crippen LogP contribution is 2.37. The zero-order valence-corrected chi connectivity index (χ0v) is 21.5. The van der Waals surface area contributed by atoms with Crippen molar-refractivity contribution in [2.24, 2.45) is 10.9 Å². The Labute approximate surface area is 211 Å². The van der Waals surface area contributed by atoms with Crippen LogP contribution in [0.5, 0.6) is 0 Å². The Morgan fingerprint density at radius 3 is 2.58 bits per heavy atom. The van der Waals surface area contributed by atoms with Crippen LogP contribution < -0.4 is 16.0 Å². The van der Waals surface area contributed by atoms with Gasteiger partial charge in [0.05, 0.1) is 29.8 Å². The molecule has 0 aromatic rings. The number of allylic oxidation sites excluding steroid dienone is 5. The summed E-state index contributed by atoms with van der Waals surface area (Å²) in [5, 5.41) is 10.5. The zero-order valence-electron chi connectivity index (χ0n) is 21.5. The molecule has 0 aromatic carbocycles. The lowest BCUT2D eigenvalue weighted by atomic mass is 9.87. The smallest absolute Gasteiger partial charge is 0.366 e. The molecule has 2 fully saturated rings. The minimum atomic E-state index is -4.53. The molecule has 4 aliphatic rings. The molecule has 5 nitrogen and oxygen atoms in total. The predicted molar refractivity (Wildman–Crippen MR) is 136 cm³/mol. The van der Waals surface area contributed by atoms with Crippen LogP contribution in [0, 0.1) is 5.92 Å². The van der Waals surface area contributed by atoms with Crippen molar-refractivity contribution < 1.29 is 17.6 Å². The lowest BCUT2D eigenvalue weighted by molar-refractivity contribution is -0.0896. The van der Waals surface area contributed by atoms with Crippen molar-refractivity contribution in [3.8, 4) is 0 Å². The summed E-state index contributed by atoms with van der Waals surface area (Å²) in [6, 6.07) is 0.557. The number of halogens is 4. The molecule has 3 aliphatic heterocycles. The molecule has 9 heteroatoms. The van der Waals surface area contributed by atoms with Gasteiger partial charge in [-0.1, -0.05) is 12.5 Å². The van der Waals surface area contributed by atoms with Gasteiger partial charge >= 0.3 is 6.18 Å². The van der Waals surface area contributed by atoms with Gasteiger partial charge in [-0.2, -0.15) is 13.2 Å². The molecule has 36 heavy (non-hydrogen) atoms. The van der Waals surface area contributed by atoms with Gasteiger partial charge in [0, 0.05) is 24.5 Å². The third kappa shape index (κ3) is 6.47. The lowest BCUT2D eigenvalue weighted by Crippen LogP contribution is -2.54. The first-order valence-corrected chi connectivity index (χ1v) is 13.2. The summed E-state index contributed by atoms with van der Waals surface area (Å²) in [5.74, 6) is -1.08. The van der Waals surface area contributed by atoms with Crippen molar-refractivity contribution in [3.63, 3.8) is 0 Å². The number of rotatable bonds is 7. The Morgan fingerprint density at radius 2 is 1.92 bits per heavy atom. The van der Waals surface area contributed by atoms with E-state index in [0.717, 1.165) is 45.0 Å². The SMILES string of the molecule is C/C=C(/C1=C(C(F)(F)F)C=C(C)C(NC2CCC[C@H](NC(C)N3CCCC3)C2)N1)C1C=C(F)C=NC1. The zero-order chi connectivity index (χ0) is 25.9. The summed E-state index contributed by atoms with van der Waals surface area (Å²) in [6.45, 7) is 8.12. The van der Waals surface area contributed by atoms with E-state index in [1.807, 2.05) is 0 Å². The maximum Gasteiger partial charge on any atom is 0.418 e. The molecule has 0 amide bonds. The topological polar surface area (TPSA) is 51.7 Å². The molecule has 0 radical (unpaired) electrons. The van der Waals surface area contributed by atoms with Crippen molar-refractivity contribution in [1.82, 2.24) is 20.9 Å². The maximum atomic E-state index is 14.1. The molecular formula is C27H39F4N5. The van der Waals surface area contributed by atoms with Crippen molar-refractivity contribution >= 4 is 6.21 Å². The Kier molecular flexibility index (Phi) is 8.73. The van der Waals surface area contributed by atoms with Gasteiger partial charge in [-0.3, -0.25) is 20.5 Å². The van der Waals surface area contributed by atoms with Gasteiger partial charge in [0.2, 0.25) is 0 Å². The summed E-state index contributed by atoms with van der Waals surface area (Å²) >= 11 is 0. The van der Waals surface area contributed by atoms with E-state index in [9.17, 15) is 17.6 Å². The summed E-state index contributed by atoms with van der Waals surface area (Å²) in [7, 11) is 0. The van der Waals surface area contributed by atoms with Gasteiger partial charge < -0.3 is 5.32 Å². The number of dihydropyridines is 2. The fourth-order valence-electron chi connectivity index (χ4n) is 5.93. The molecule has 3 N–H and O–H groups in total. The van der Waals surface area contributed by atoms with E-state index in [2.05, 4.69) is 32.8 Å². The lowest BCUT2D eigenvalue weighted by Gasteiger charge is -2.39. The molecule has 0 bridgehead atoms. The van der Waals surface area contributed by atoms with E-state index >= 15 is 0 Å². The molecule has 3 heterocycles. The minimum absolute atomic E-state index is 0.00684. The monoisotopic (exact) mass is 509 g/mol. The van der Waals surface area contributed by atoms with Crippen LogP contribution in [0.4, 0.5) is 17.6 Å². The van der Waals surface area contributed by atoms with Crippen LogP contribution >= 0.6 is 0 Å². The largest absolute Gasteiger partial charge is 0.418 e. The van der Waals surface area contributed by atoms with Crippen LogP contribution in [0.15, 0.2) is 51.5 Å². The third-order valence-electron chi connectivity index (χ3n) is 7.81. The van der Waals surface area contributed by atoms with E-state index in [-0.39, 0.29) is 18.3 Å². The van der Waals surface area contributed by atoms with Crippen molar-refractivity contribution in [2.45, 2.75) is 89.9 Å². The summed E-state index contributed by atoms with van der Waals surface area (Å²) in [5.41, 5.74) is 0.280. The summed E-state index contributed by atoms with van der Waals surface area (Å²) < 4.78 is 56.1. The first-order valence-electron chi connectivity index (χ1n) is 13.2. The van der Waals surface area contributed by atoms with E-state index < -0.39 is 29.7 Å². The van der Waals surface area contributed by atoms with Crippen LogP contribution in [0.3, 0.4) is 0 Å². The highest BCUT2D eigenvalue weighted by Gasteiger charge is 2.40. The molecule has 4 unspecified atom stereocenters. The number of nitrogens with one attached hydrogen (secondary N) is 3. The predicted octanol–water partition coefficient (Wildman–Crippen LogP) is 5.11. The second kappa shape index (κ2) is 11.6. The molecule has 1 saturated heterocycles. The van der Waals surface area contributed by atoms with E-state index in [0.29, 0.717) is 23.4 Å². The number of nitrogens with zero attached hydrogens (tertiary/aromatic N) is 2. The Morgan fingerprint density at radius 1 is 1.19 bits per heavy atom. The van der Waals surface area contributed by atoms with Crippen LogP contribution in [0.25, 0.3) is 0 Å². The quantitative estimate of drug-likeness (QED) is 0.418. The first-order chi connectivity index (χ1) is 17.2. The Balaban J connectivity index is 1.47. The number of hydrogen-bond donors (Lipinski definition) is 3. The van der Waals surface area contributed by atoms with E-state index in [1.54, 1.807) is 19.9 Å². The standard InChI is InChI=1S/C27H39F4N5/c1-4-23(19-13-20(28)16-32-15-19)25-24(27(29,30)31)12-17(2)26(35-25)34-22-9-7-8-21(14-22)33-18(3)36-10-5-6-11-36/h4,12-13,16,18-19,21-22,26,33-35H,5-11,14-15H2,1-3H3/b23-4+/t18?,19?,21-,22?,26?/m0/s1. The number of alkyl halides is 3. The molecule has 0 spiro atoms. The molecule has 1 saturated carbocycles. The van der Waals surface area contributed by atoms with Crippen molar-refractivity contribution in [1.29, 1.82) is 0 Å². The Bertz CT molecular complexity index is 942. The fourth-order valence-corrected chi connectivity index (χ4v) is 5.93. The van der Waals surface area contributed by atoms with Crippen molar-refractivity contribution in [2.75, 3.05) is 19.6 Å². The normalized spacial score (nSPS) is 31.2. The molecule has 1 aliphatic carbocycles. The number of hydrogen-bond acceptors (Lipinski definition) is 5. The average Bonchev–Trinajstić information content (AvgIpc) is 3.36. The van der Waals surface area contributed by atoms with Crippen LogP contribution in [0.2, 0.25) is 0 Å². The van der Waals surface area contributed by atoms with Crippen LogP contribution in [-0.4, -0.2) is 61.3 Å². The van der Waals surface area contributed by atoms with Gasteiger partial charge in [0.25, 0.3) is 0 Å². The molecule has 5 atom stereocenters. The third-order valence-corrected chi connectivity index (χ3v) is 7.81. The second-order valence-electron chi connectivity index (χ2n) is 10.5. The van der Waals surface area contributed by atoms with Crippen LogP contribution in [0.1, 0.15) is 59.3 Å². The maximum absolute atomic E-state index is 14.1. The average molecular weight is 510 g/mol. The summed E-state index contributed by atoms with van der Waals surface area (Å²) in [6.07, 6.45) is 7.27. The van der Waals surface area contributed by atoms with Crippen LogP contribution in [-0.2, 0) is 0 Å². The molecule has 4 rings (SSSR count). The van der Waals surface area contributed by atoms with Gasteiger partial charge in [-0.15, -0.1) is 0 Å². The molecule has 200 valence electrons. The second-order valence-corrected chi connectivity index (χ2v) is 10.5. The van der Waals surface area contributed by atoms with Gasteiger partial charge in [0.1, 0.15) is 5.83 Å². The minimum Gasteiger partial charge on any atom is -0.366 e. The number of likely N-dealkylation sites (tertiary alicyclic amines) is 1. The van der Waals surface area contributed by atoms with Gasteiger partial charge in [-0.05, 0) is 89.3 Å². The summed E-state index contributed by atoms with van der Waals surface area (Å²) in [4.78, 5) is 6.48. The first kappa shape index (κ1) is 27.1. The highest BCUT2D eigenvalue weighted by atomic mass is 19.4. The fraction of sp³-hybridized carbons (Fsp3) is 0.667. The molecule has 0 aromatic heterocycles. The van der Waals surface area contributed by atoms with Crippen molar-refractivity contribution in [3.05, 3.63) is 46.5 Å². The molecular weight excluding hydrogens is 470 g/mol. The number of aliphatic imine (C=N–C) groups is 1. The highest BCUT2D eigenvalue weighted by molar-refractivity contribution is 5.77.